The van der Waals surface area contributed by atoms with Gasteiger partial charge in [-0.05, 0) is 68.8 Å². The van der Waals surface area contributed by atoms with Crippen LogP contribution in [0.5, 0.6) is 0 Å². The number of rotatable bonds is 5. The maximum absolute atomic E-state index is 5.29. The Balaban J connectivity index is 1.06. The van der Waals surface area contributed by atoms with Crippen LogP contribution in [0.1, 0.15) is 22.3 Å². The Labute approximate surface area is 335 Å². The maximum atomic E-state index is 5.29. The first-order chi connectivity index (χ1) is 28.8. The Morgan fingerprint density at radius 1 is 0.328 bits per heavy atom. The molecule has 3 heterocycles. The van der Waals surface area contributed by atoms with Gasteiger partial charge in [-0.2, -0.15) is 0 Å². The van der Waals surface area contributed by atoms with Gasteiger partial charge in [0.2, 0.25) is 0 Å². The van der Waals surface area contributed by atoms with Crippen LogP contribution in [-0.2, 0) is 5.41 Å². The standard InChI is InChI=1S/C53H33N5/c1-3-16-34(17-4-1)49-48(54-47-28-13-14-31-58(47)49)36-20-15-21-37(32-36)51-55-50(35-18-5-2-6-19-35)56-52(57-51)38-29-30-42-41-24-9-12-27-45(41)53(46(42)33-38)43-25-10-7-22-39(43)40-23-8-11-26-44(40)53/h1-33H. The summed E-state index contributed by atoms with van der Waals surface area (Å²) < 4.78 is 2.16. The smallest absolute Gasteiger partial charge is 0.164 e. The summed E-state index contributed by atoms with van der Waals surface area (Å²) >= 11 is 0. The predicted molar refractivity (Wildman–Crippen MR) is 232 cm³/mol. The highest BCUT2D eigenvalue weighted by Gasteiger charge is 2.51. The molecule has 2 aliphatic carbocycles. The molecular weight excluding hydrogens is 707 g/mol. The normalized spacial score (nSPS) is 13.0. The van der Waals surface area contributed by atoms with Crippen molar-refractivity contribution >= 4 is 5.65 Å². The van der Waals surface area contributed by atoms with Gasteiger partial charge >= 0.3 is 0 Å². The quantitative estimate of drug-likeness (QED) is 0.176. The highest BCUT2D eigenvalue weighted by Crippen LogP contribution is 2.63. The highest BCUT2D eigenvalue weighted by molar-refractivity contribution is 5.96. The Morgan fingerprint density at radius 2 is 0.810 bits per heavy atom. The number of pyridine rings is 1. The van der Waals surface area contributed by atoms with Crippen molar-refractivity contribution in [2.24, 2.45) is 0 Å². The third kappa shape index (κ3) is 4.71. The van der Waals surface area contributed by atoms with E-state index in [1.165, 1.54) is 44.5 Å². The molecule has 270 valence electrons. The number of aromatic nitrogens is 5. The van der Waals surface area contributed by atoms with Crippen LogP contribution in [-0.4, -0.2) is 24.3 Å². The van der Waals surface area contributed by atoms with Crippen LogP contribution in [0.15, 0.2) is 200 Å². The summed E-state index contributed by atoms with van der Waals surface area (Å²) in [6, 6.07) is 68.6. The van der Waals surface area contributed by atoms with Gasteiger partial charge in [0, 0.05) is 34.0 Å². The number of imidazole rings is 1. The van der Waals surface area contributed by atoms with Crippen LogP contribution >= 0.6 is 0 Å². The number of benzene rings is 7. The summed E-state index contributed by atoms with van der Waals surface area (Å²) in [6.07, 6.45) is 2.07. The zero-order valence-electron chi connectivity index (χ0n) is 31.3. The summed E-state index contributed by atoms with van der Waals surface area (Å²) in [5, 5.41) is 0. The monoisotopic (exact) mass is 739 g/mol. The van der Waals surface area contributed by atoms with Crippen LogP contribution in [0, 0.1) is 0 Å². The Bertz CT molecular complexity index is 3170. The SMILES string of the molecule is c1ccc(-c2nc(-c3cccc(-c4nc5ccccn5c4-c4ccccc4)c3)nc(-c3ccc4c(c3)C3(c5ccccc5-c5ccccc53)c3ccccc3-4)n2)cc1. The van der Waals surface area contributed by atoms with E-state index in [0.717, 1.165) is 44.9 Å². The second kappa shape index (κ2) is 12.6. The molecule has 0 aliphatic heterocycles. The molecule has 0 saturated carbocycles. The molecule has 0 N–H and O–H groups in total. The fourth-order valence-electron chi connectivity index (χ4n) is 9.46. The number of fused-ring (bicyclic) bond motifs is 11. The molecule has 0 bridgehead atoms. The number of hydrogen-bond acceptors (Lipinski definition) is 4. The molecule has 2 aliphatic rings. The van der Waals surface area contributed by atoms with Crippen molar-refractivity contribution in [3.05, 3.63) is 223 Å². The van der Waals surface area contributed by atoms with Crippen LogP contribution in [0.2, 0.25) is 0 Å². The van der Waals surface area contributed by atoms with Crippen LogP contribution in [0.3, 0.4) is 0 Å². The van der Waals surface area contributed by atoms with Gasteiger partial charge < -0.3 is 0 Å². The lowest BCUT2D eigenvalue weighted by Gasteiger charge is -2.30. The van der Waals surface area contributed by atoms with E-state index in [9.17, 15) is 0 Å². The highest BCUT2D eigenvalue weighted by atomic mass is 15.0. The van der Waals surface area contributed by atoms with Gasteiger partial charge in [-0.3, -0.25) is 4.40 Å². The molecule has 0 unspecified atom stereocenters. The molecule has 5 nitrogen and oxygen atoms in total. The lowest BCUT2D eigenvalue weighted by atomic mass is 9.70. The molecule has 3 aromatic heterocycles. The first-order valence-electron chi connectivity index (χ1n) is 19.6. The lowest BCUT2D eigenvalue weighted by Crippen LogP contribution is -2.25. The molecule has 0 radical (unpaired) electrons. The van der Waals surface area contributed by atoms with Crippen LogP contribution in [0.4, 0.5) is 0 Å². The van der Waals surface area contributed by atoms with Crippen molar-refractivity contribution in [1.29, 1.82) is 0 Å². The van der Waals surface area contributed by atoms with Crippen molar-refractivity contribution in [2.45, 2.75) is 5.41 Å². The molecule has 1 spiro atoms. The van der Waals surface area contributed by atoms with Gasteiger partial charge in [-0.25, -0.2) is 19.9 Å². The fraction of sp³-hybridized carbons (Fsp3) is 0.0189. The summed E-state index contributed by atoms with van der Waals surface area (Å²) in [4.78, 5) is 20.8. The topological polar surface area (TPSA) is 56.0 Å². The van der Waals surface area contributed by atoms with Crippen LogP contribution < -0.4 is 0 Å². The van der Waals surface area contributed by atoms with Gasteiger partial charge in [0.25, 0.3) is 0 Å². The van der Waals surface area contributed by atoms with Gasteiger partial charge in [-0.15, -0.1) is 0 Å². The molecular formula is C53H33N5. The summed E-state index contributed by atoms with van der Waals surface area (Å²) in [7, 11) is 0. The summed E-state index contributed by atoms with van der Waals surface area (Å²) in [5.41, 5.74) is 17.4. The molecule has 10 aromatic rings. The van der Waals surface area contributed by atoms with Gasteiger partial charge in [0.1, 0.15) is 5.65 Å². The predicted octanol–water partition coefficient (Wildman–Crippen LogP) is 12.2. The van der Waals surface area contributed by atoms with Crippen molar-refractivity contribution in [2.75, 3.05) is 0 Å². The molecule has 58 heavy (non-hydrogen) atoms. The van der Waals surface area contributed by atoms with Crippen LogP contribution in [0.25, 0.3) is 84.6 Å². The average Bonchev–Trinajstić information content (AvgIpc) is 3.94. The molecule has 7 aromatic carbocycles. The molecule has 0 amide bonds. The van der Waals surface area contributed by atoms with Crippen molar-refractivity contribution < 1.29 is 0 Å². The molecule has 12 rings (SSSR count). The molecule has 0 atom stereocenters. The van der Waals surface area contributed by atoms with Gasteiger partial charge in [-0.1, -0.05) is 170 Å². The van der Waals surface area contributed by atoms with E-state index in [1.807, 2.05) is 42.5 Å². The van der Waals surface area contributed by atoms with E-state index in [0.29, 0.717) is 17.5 Å². The first kappa shape index (κ1) is 32.5. The van der Waals surface area contributed by atoms with E-state index in [1.54, 1.807) is 0 Å². The van der Waals surface area contributed by atoms with E-state index >= 15 is 0 Å². The minimum Gasteiger partial charge on any atom is -0.299 e. The average molecular weight is 740 g/mol. The number of hydrogen-bond donors (Lipinski definition) is 0. The second-order valence-electron chi connectivity index (χ2n) is 15.0. The largest absolute Gasteiger partial charge is 0.299 e. The van der Waals surface area contributed by atoms with E-state index in [2.05, 4.69) is 162 Å². The molecule has 0 fully saturated rings. The minimum atomic E-state index is -0.466. The van der Waals surface area contributed by atoms with E-state index < -0.39 is 5.41 Å². The van der Waals surface area contributed by atoms with Crippen molar-refractivity contribution in [1.82, 2.24) is 24.3 Å². The maximum Gasteiger partial charge on any atom is 0.164 e. The zero-order chi connectivity index (χ0) is 38.2. The molecule has 0 saturated heterocycles. The fourth-order valence-corrected chi connectivity index (χ4v) is 9.46. The Kier molecular flexibility index (Phi) is 7.07. The summed E-state index contributed by atoms with van der Waals surface area (Å²) in [5.74, 6) is 1.85. The van der Waals surface area contributed by atoms with Gasteiger partial charge in [0.05, 0.1) is 16.8 Å². The van der Waals surface area contributed by atoms with Crippen molar-refractivity contribution in [3.63, 3.8) is 0 Å². The van der Waals surface area contributed by atoms with E-state index in [4.69, 9.17) is 19.9 Å². The lowest BCUT2D eigenvalue weighted by molar-refractivity contribution is 0.794. The third-order valence-electron chi connectivity index (χ3n) is 11.9. The summed E-state index contributed by atoms with van der Waals surface area (Å²) in [6.45, 7) is 0. The number of nitrogens with zero attached hydrogens (tertiary/aromatic N) is 5. The Morgan fingerprint density at radius 3 is 1.45 bits per heavy atom. The molecule has 5 heteroatoms. The first-order valence-corrected chi connectivity index (χ1v) is 19.6. The van der Waals surface area contributed by atoms with Gasteiger partial charge in [0.15, 0.2) is 17.5 Å². The third-order valence-corrected chi connectivity index (χ3v) is 11.9. The van der Waals surface area contributed by atoms with Crippen molar-refractivity contribution in [3.8, 4) is 78.9 Å². The minimum absolute atomic E-state index is 0.466. The zero-order valence-corrected chi connectivity index (χ0v) is 31.3. The second-order valence-corrected chi connectivity index (χ2v) is 15.0. The Hall–Kier alpha value is -7.76. The van der Waals surface area contributed by atoms with E-state index in [-0.39, 0.29) is 0 Å².